The number of hydrogen-bond acceptors (Lipinski definition) is 4. The SMILES string of the molecule is CC(C)C(Cc1ccc(OCCn2cnc3ccccc3c2=O)cc1)C(N)=S. The summed E-state index contributed by atoms with van der Waals surface area (Å²) in [7, 11) is 0. The Morgan fingerprint density at radius 2 is 1.89 bits per heavy atom. The van der Waals surface area contributed by atoms with Gasteiger partial charge in [-0.2, -0.15) is 0 Å². The van der Waals surface area contributed by atoms with Gasteiger partial charge in [0.1, 0.15) is 12.4 Å². The fourth-order valence-electron chi connectivity index (χ4n) is 3.17. The average molecular weight is 396 g/mol. The number of thiocarbonyl (C=S) groups is 1. The van der Waals surface area contributed by atoms with Gasteiger partial charge in [-0.05, 0) is 42.2 Å². The van der Waals surface area contributed by atoms with Gasteiger partial charge in [-0.1, -0.05) is 50.3 Å². The predicted octanol–water partition coefficient (Wildman–Crippen LogP) is 3.58. The molecule has 0 fully saturated rings. The van der Waals surface area contributed by atoms with E-state index >= 15 is 0 Å². The highest BCUT2D eigenvalue weighted by molar-refractivity contribution is 7.80. The molecule has 0 aliphatic heterocycles. The molecule has 1 aromatic heterocycles. The van der Waals surface area contributed by atoms with Gasteiger partial charge in [-0.15, -0.1) is 0 Å². The predicted molar refractivity (Wildman–Crippen MR) is 117 cm³/mol. The molecule has 28 heavy (non-hydrogen) atoms. The van der Waals surface area contributed by atoms with Crippen LogP contribution in [0.1, 0.15) is 19.4 Å². The Kier molecular flexibility index (Phi) is 6.41. The van der Waals surface area contributed by atoms with E-state index in [4.69, 9.17) is 22.7 Å². The van der Waals surface area contributed by atoms with Crippen LogP contribution >= 0.6 is 12.2 Å². The summed E-state index contributed by atoms with van der Waals surface area (Å²) in [5.74, 6) is 1.36. The maximum Gasteiger partial charge on any atom is 0.261 e. The largest absolute Gasteiger partial charge is 0.492 e. The van der Waals surface area contributed by atoms with Crippen molar-refractivity contribution in [3.8, 4) is 5.75 Å². The molecule has 1 heterocycles. The number of para-hydroxylation sites is 1. The second-order valence-corrected chi connectivity index (χ2v) is 7.68. The summed E-state index contributed by atoms with van der Waals surface area (Å²) >= 11 is 5.18. The number of benzene rings is 2. The zero-order valence-electron chi connectivity index (χ0n) is 16.2. The zero-order valence-corrected chi connectivity index (χ0v) is 17.0. The minimum Gasteiger partial charge on any atom is -0.492 e. The molecule has 3 rings (SSSR count). The normalized spacial score (nSPS) is 12.2. The number of ether oxygens (including phenoxy) is 1. The summed E-state index contributed by atoms with van der Waals surface area (Å²) in [6.07, 6.45) is 2.39. The van der Waals surface area contributed by atoms with E-state index in [-0.39, 0.29) is 11.5 Å². The minimum absolute atomic E-state index is 0.0537. The van der Waals surface area contributed by atoms with E-state index in [2.05, 4.69) is 18.8 Å². The molecule has 3 aromatic rings. The van der Waals surface area contributed by atoms with Crippen molar-refractivity contribution in [3.63, 3.8) is 0 Å². The molecular formula is C22H25N3O2S. The monoisotopic (exact) mass is 395 g/mol. The highest BCUT2D eigenvalue weighted by atomic mass is 32.1. The number of rotatable bonds is 8. The van der Waals surface area contributed by atoms with E-state index < -0.39 is 0 Å². The Morgan fingerprint density at radius 3 is 2.57 bits per heavy atom. The van der Waals surface area contributed by atoms with Crippen molar-refractivity contribution in [1.29, 1.82) is 0 Å². The van der Waals surface area contributed by atoms with Gasteiger partial charge < -0.3 is 10.5 Å². The molecule has 2 N–H and O–H groups in total. The Bertz CT molecular complexity index is 1010. The zero-order chi connectivity index (χ0) is 20.1. The molecule has 0 saturated heterocycles. The Morgan fingerprint density at radius 1 is 1.18 bits per heavy atom. The summed E-state index contributed by atoms with van der Waals surface area (Å²) in [4.78, 5) is 17.4. The minimum atomic E-state index is -0.0537. The van der Waals surface area contributed by atoms with Crippen molar-refractivity contribution in [1.82, 2.24) is 9.55 Å². The number of aromatic nitrogens is 2. The van der Waals surface area contributed by atoms with Crippen LogP contribution in [0.2, 0.25) is 0 Å². The Hall–Kier alpha value is -2.73. The maximum atomic E-state index is 12.5. The Labute approximate surface area is 170 Å². The third-order valence-electron chi connectivity index (χ3n) is 4.88. The van der Waals surface area contributed by atoms with Gasteiger partial charge >= 0.3 is 0 Å². The summed E-state index contributed by atoms with van der Waals surface area (Å²) < 4.78 is 7.37. The number of hydrogen-bond donors (Lipinski definition) is 1. The summed E-state index contributed by atoms with van der Waals surface area (Å²) in [6.45, 7) is 5.09. The fraction of sp³-hybridized carbons (Fsp3) is 0.318. The van der Waals surface area contributed by atoms with E-state index in [1.165, 1.54) is 5.56 Å². The highest BCUT2D eigenvalue weighted by Gasteiger charge is 2.16. The van der Waals surface area contributed by atoms with Crippen LogP contribution in [0, 0.1) is 11.8 Å². The lowest BCUT2D eigenvalue weighted by Crippen LogP contribution is -2.27. The van der Waals surface area contributed by atoms with Crippen LogP contribution in [-0.4, -0.2) is 21.1 Å². The summed E-state index contributed by atoms with van der Waals surface area (Å²) in [6, 6.07) is 15.3. The first-order valence-corrected chi connectivity index (χ1v) is 9.82. The first kappa shape index (κ1) is 20.0. The second kappa shape index (κ2) is 8.97. The van der Waals surface area contributed by atoms with E-state index in [1.807, 2.05) is 42.5 Å². The Balaban J connectivity index is 1.59. The first-order chi connectivity index (χ1) is 13.5. The standard InChI is InChI=1S/C22H25N3O2S/c1-15(2)19(21(23)28)13-16-7-9-17(10-8-16)27-12-11-25-14-24-20-6-4-3-5-18(20)22(25)26/h3-10,14-15,19H,11-13H2,1-2H3,(H2,23,28). The number of nitrogens with two attached hydrogens (primary N) is 1. The van der Waals surface area contributed by atoms with Gasteiger partial charge in [-0.3, -0.25) is 9.36 Å². The van der Waals surface area contributed by atoms with Crippen LogP contribution in [0.3, 0.4) is 0 Å². The molecule has 0 aliphatic rings. The molecule has 6 heteroatoms. The van der Waals surface area contributed by atoms with Crippen LogP contribution in [0.25, 0.3) is 10.9 Å². The summed E-state index contributed by atoms with van der Waals surface area (Å²) in [5.41, 5.74) is 7.68. The van der Waals surface area contributed by atoms with Gasteiger partial charge in [0.05, 0.1) is 28.8 Å². The number of fused-ring (bicyclic) bond motifs is 1. The van der Waals surface area contributed by atoms with Crippen molar-refractivity contribution in [2.24, 2.45) is 17.6 Å². The van der Waals surface area contributed by atoms with Crippen molar-refractivity contribution in [2.45, 2.75) is 26.8 Å². The van der Waals surface area contributed by atoms with Gasteiger partial charge in [0.25, 0.3) is 5.56 Å². The molecule has 0 saturated carbocycles. The van der Waals surface area contributed by atoms with E-state index in [1.54, 1.807) is 17.0 Å². The fourth-order valence-corrected chi connectivity index (χ4v) is 3.52. The molecular weight excluding hydrogens is 370 g/mol. The average Bonchev–Trinajstić information content (AvgIpc) is 2.68. The number of nitrogens with zero attached hydrogens (tertiary/aromatic N) is 2. The van der Waals surface area contributed by atoms with Gasteiger partial charge in [0.15, 0.2) is 0 Å². The molecule has 0 spiro atoms. The lowest BCUT2D eigenvalue weighted by molar-refractivity contribution is 0.296. The van der Waals surface area contributed by atoms with E-state index in [9.17, 15) is 4.79 Å². The third kappa shape index (κ3) is 4.75. The van der Waals surface area contributed by atoms with Crippen molar-refractivity contribution in [2.75, 3.05) is 6.61 Å². The molecule has 0 bridgehead atoms. The first-order valence-electron chi connectivity index (χ1n) is 9.41. The quantitative estimate of drug-likeness (QED) is 0.591. The van der Waals surface area contributed by atoms with E-state index in [0.29, 0.717) is 35.0 Å². The smallest absolute Gasteiger partial charge is 0.261 e. The molecule has 146 valence electrons. The lowest BCUT2D eigenvalue weighted by atomic mass is 9.89. The molecule has 1 atom stereocenters. The summed E-state index contributed by atoms with van der Waals surface area (Å²) in [5, 5.41) is 0.617. The van der Waals surface area contributed by atoms with Crippen LogP contribution in [0.4, 0.5) is 0 Å². The molecule has 5 nitrogen and oxygen atoms in total. The van der Waals surface area contributed by atoms with Crippen molar-refractivity contribution >= 4 is 28.1 Å². The van der Waals surface area contributed by atoms with Gasteiger partial charge in [0.2, 0.25) is 0 Å². The van der Waals surface area contributed by atoms with Crippen molar-refractivity contribution < 1.29 is 4.74 Å². The molecule has 2 aromatic carbocycles. The lowest BCUT2D eigenvalue weighted by Gasteiger charge is -2.19. The van der Waals surface area contributed by atoms with E-state index in [0.717, 1.165) is 12.2 Å². The van der Waals surface area contributed by atoms with Crippen LogP contribution < -0.4 is 16.0 Å². The topological polar surface area (TPSA) is 70.1 Å². The molecule has 0 aliphatic carbocycles. The third-order valence-corrected chi connectivity index (χ3v) is 5.18. The molecule has 0 amide bonds. The van der Waals surface area contributed by atoms with Crippen LogP contribution in [0.15, 0.2) is 59.7 Å². The van der Waals surface area contributed by atoms with Crippen LogP contribution in [0.5, 0.6) is 5.75 Å². The van der Waals surface area contributed by atoms with Gasteiger partial charge in [-0.25, -0.2) is 4.98 Å². The highest BCUT2D eigenvalue weighted by Crippen LogP contribution is 2.20. The van der Waals surface area contributed by atoms with Crippen LogP contribution in [-0.2, 0) is 13.0 Å². The maximum absolute atomic E-state index is 12.5. The van der Waals surface area contributed by atoms with Gasteiger partial charge in [0, 0.05) is 5.92 Å². The molecule has 0 radical (unpaired) electrons. The molecule has 1 unspecified atom stereocenters. The van der Waals surface area contributed by atoms with Crippen molar-refractivity contribution in [3.05, 3.63) is 70.8 Å². The second-order valence-electron chi connectivity index (χ2n) is 7.21.